The van der Waals surface area contributed by atoms with E-state index in [9.17, 15) is 4.79 Å². The van der Waals surface area contributed by atoms with E-state index in [0.29, 0.717) is 5.11 Å². The van der Waals surface area contributed by atoms with Crippen molar-refractivity contribution in [3.63, 3.8) is 0 Å². The molecule has 0 atom stereocenters. The molecule has 0 radical (unpaired) electrons. The van der Waals surface area contributed by atoms with Crippen LogP contribution in [0.3, 0.4) is 0 Å². The minimum Gasteiger partial charge on any atom is -0.360 e. The third-order valence-electron chi connectivity index (χ3n) is 5.19. The fraction of sp³-hybridized carbons (Fsp3) is 0.320. The molecule has 4 rings (SSSR count). The maximum Gasteiger partial charge on any atom is 0.221 e. The second-order valence-corrected chi connectivity index (χ2v) is 11.1. The third kappa shape index (κ3) is 7.25. The minimum absolute atomic E-state index is 0.0744. The fourth-order valence-corrected chi connectivity index (χ4v) is 6.09. The molecule has 0 spiro atoms. The molecule has 1 fully saturated rings. The highest BCUT2D eigenvalue weighted by molar-refractivity contribution is 7.97. The number of thiazole rings is 1. The summed E-state index contributed by atoms with van der Waals surface area (Å²) in [6.45, 7) is 9.53. The summed E-state index contributed by atoms with van der Waals surface area (Å²) in [4.78, 5) is 18.5. The Labute approximate surface area is 220 Å². The number of amides is 1. The van der Waals surface area contributed by atoms with Gasteiger partial charge in [-0.2, -0.15) is 0 Å². The summed E-state index contributed by atoms with van der Waals surface area (Å²) in [6, 6.07) is 14.5. The largest absolute Gasteiger partial charge is 0.360 e. The monoisotopic (exact) mass is 526 g/mol. The second-order valence-electron chi connectivity index (χ2n) is 8.52. The maximum atomic E-state index is 11.6. The van der Waals surface area contributed by atoms with Crippen LogP contribution in [0.4, 0.5) is 11.4 Å². The number of thiocarbonyl (C=S) groups is 1. The highest BCUT2D eigenvalue weighted by Gasteiger charge is 2.17. The van der Waals surface area contributed by atoms with Gasteiger partial charge >= 0.3 is 0 Å². The predicted octanol–water partition coefficient (Wildman–Crippen LogP) is 5.04. The van der Waals surface area contributed by atoms with Crippen LogP contribution >= 0.6 is 35.5 Å². The Bertz CT molecular complexity index is 1170. The molecule has 3 aromatic rings. The van der Waals surface area contributed by atoms with Gasteiger partial charge in [0, 0.05) is 72.7 Å². The van der Waals surface area contributed by atoms with Crippen LogP contribution in [0.2, 0.25) is 0 Å². The quantitative estimate of drug-likeness (QED) is 0.252. The van der Waals surface area contributed by atoms with Crippen molar-refractivity contribution in [2.45, 2.75) is 31.7 Å². The molecule has 0 bridgehead atoms. The molecule has 1 amide bonds. The SMILES string of the molecule is CC(=O)Nc1ccc(-c2cnc(-c3ccc(NC(=S)NC(C)C)cc3)s2)c(SN2CCNCC2)c1. The predicted molar refractivity (Wildman–Crippen MR) is 152 cm³/mol. The van der Waals surface area contributed by atoms with Crippen LogP contribution in [0.25, 0.3) is 21.0 Å². The van der Waals surface area contributed by atoms with E-state index in [2.05, 4.69) is 63.7 Å². The average Bonchev–Trinajstić information content (AvgIpc) is 3.29. The zero-order valence-electron chi connectivity index (χ0n) is 20.1. The number of hydrogen-bond donors (Lipinski definition) is 4. The van der Waals surface area contributed by atoms with Gasteiger partial charge in [0.25, 0.3) is 0 Å². The molecule has 1 aliphatic rings. The van der Waals surface area contributed by atoms with E-state index in [1.54, 1.807) is 23.3 Å². The van der Waals surface area contributed by atoms with Crippen LogP contribution in [0.1, 0.15) is 20.8 Å². The number of nitrogens with one attached hydrogen (secondary N) is 4. The molecule has 0 aliphatic carbocycles. The van der Waals surface area contributed by atoms with Gasteiger partial charge in [0.15, 0.2) is 5.11 Å². The van der Waals surface area contributed by atoms with Gasteiger partial charge in [0.05, 0.1) is 4.88 Å². The van der Waals surface area contributed by atoms with Crippen LogP contribution in [0, 0.1) is 0 Å². The molecule has 4 N–H and O–H groups in total. The van der Waals surface area contributed by atoms with Crippen molar-refractivity contribution in [2.75, 3.05) is 36.8 Å². The first-order chi connectivity index (χ1) is 16.9. The summed E-state index contributed by atoms with van der Waals surface area (Å²) in [5, 5.41) is 14.3. The first kappa shape index (κ1) is 25.6. The zero-order chi connectivity index (χ0) is 24.8. The minimum atomic E-state index is -0.0744. The number of carbonyl (C=O) groups excluding carboxylic acids is 1. The number of carbonyl (C=O) groups is 1. The van der Waals surface area contributed by atoms with Gasteiger partial charge in [-0.1, -0.05) is 6.07 Å². The van der Waals surface area contributed by atoms with Crippen molar-refractivity contribution in [1.29, 1.82) is 0 Å². The van der Waals surface area contributed by atoms with Gasteiger partial charge < -0.3 is 21.3 Å². The van der Waals surface area contributed by atoms with Crippen LogP contribution < -0.4 is 21.3 Å². The van der Waals surface area contributed by atoms with Crippen LogP contribution in [0.15, 0.2) is 53.6 Å². The van der Waals surface area contributed by atoms with E-state index in [0.717, 1.165) is 63.5 Å². The Morgan fingerprint density at radius 1 is 1.11 bits per heavy atom. The summed E-state index contributed by atoms with van der Waals surface area (Å²) < 4.78 is 2.36. The third-order valence-corrected chi connectivity index (χ3v) is 7.64. The van der Waals surface area contributed by atoms with Gasteiger partial charge in [-0.3, -0.25) is 4.79 Å². The van der Waals surface area contributed by atoms with E-state index in [1.807, 2.05) is 24.4 Å². The summed E-state index contributed by atoms with van der Waals surface area (Å²) in [7, 11) is 0. The number of rotatable bonds is 7. The summed E-state index contributed by atoms with van der Waals surface area (Å²) in [5.74, 6) is -0.0744. The first-order valence-corrected chi connectivity index (χ1v) is 13.6. The lowest BCUT2D eigenvalue weighted by Gasteiger charge is -2.26. The zero-order valence-corrected chi connectivity index (χ0v) is 22.5. The molecule has 0 unspecified atom stereocenters. The van der Waals surface area contributed by atoms with Crippen LogP contribution in [-0.4, -0.2) is 52.5 Å². The van der Waals surface area contributed by atoms with Crippen molar-refractivity contribution in [3.8, 4) is 21.0 Å². The summed E-state index contributed by atoms with van der Waals surface area (Å²) >= 11 is 8.73. The molecule has 1 saturated heterocycles. The Hall–Kier alpha value is -2.50. The van der Waals surface area contributed by atoms with Gasteiger partial charge in [0.1, 0.15) is 5.01 Å². The molecule has 0 saturated carbocycles. The van der Waals surface area contributed by atoms with Crippen molar-refractivity contribution in [1.82, 2.24) is 19.9 Å². The van der Waals surface area contributed by atoms with Crippen molar-refractivity contribution in [3.05, 3.63) is 48.7 Å². The average molecular weight is 527 g/mol. The summed E-state index contributed by atoms with van der Waals surface area (Å²) in [5.41, 5.74) is 3.92. The Balaban J connectivity index is 1.54. The molecule has 2 heterocycles. The molecular formula is C25H30N6OS3. The second kappa shape index (κ2) is 12.0. The number of benzene rings is 2. The molecular weight excluding hydrogens is 497 g/mol. The molecule has 10 heteroatoms. The van der Waals surface area contributed by atoms with Crippen molar-refractivity contribution < 1.29 is 4.79 Å². The molecule has 1 aromatic heterocycles. The van der Waals surface area contributed by atoms with Gasteiger partial charge in [-0.15, -0.1) is 11.3 Å². The van der Waals surface area contributed by atoms with Gasteiger partial charge in [-0.25, -0.2) is 9.29 Å². The number of anilines is 2. The number of nitrogens with zero attached hydrogens (tertiary/aromatic N) is 2. The van der Waals surface area contributed by atoms with Crippen molar-refractivity contribution >= 4 is 57.9 Å². The molecule has 184 valence electrons. The molecule has 35 heavy (non-hydrogen) atoms. The van der Waals surface area contributed by atoms with Gasteiger partial charge in [0.2, 0.25) is 5.91 Å². The Morgan fingerprint density at radius 2 is 1.83 bits per heavy atom. The lowest BCUT2D eigenvalue weighted by molar-refractivity contribution is -0.114. The smallest absolute Gasteiger partial charge is 0.221 e. The molecule has 1 aliphatic heterocycles. The fourth-order valence-electron chi connectivity index (χ4n) is 3.61. The molecule has 7 nitrogen and oxygen atoms in total. The van der Waals surface area contributed by atoms with E-state index < -0.39 is 0 Å². The first-order valence-electron chi connectivity index (χ1n) is 11.6. The number of aromatic nitrogens is 1. The van der Waals surface area contributed by atoms with E-state index >= 15 is 0 Å². The Morgan fingerprint density at radius 3 is 2.51 bits per heavy atom. The number of hydrogen-bond acceptors (Lipinski definition) is 7. The highest BCUT2D eigenvalue weighted by Crippen LogP contribution is 2.40. The highest BCUT2D eigenvalue weighted by atomic mass is 32.2. The van der Waals surface area contributed by atoms with Crippen LogP contribution in [0.5, 0.6) is 0 Å². The number of piperazine rings is 1. The van der Waals surface area contributed by atoms with Gasteiger partial charge in [-0.05, 0) is 74.4 Å². The van der Waals surface area contributed by atoms with E-state index in [-0.39, 0.29) is 11.9 Å². The normalized spacial score (nSPS) is 14.1. The van der Waals surface area contributed by atoms with E-state index in [4.69, 9.17) is 17.2 Å². The lowest BCUT2D eigenvalue weighted by atomic mass is 10.2. The Kier molecular flexibility index (Phi) is 8.74. The van der Waals surface area contributed by atoms with Crippen molar-refractivity contribution in [2.24, 2.45) is 0 Å². The maximum absolute atomic E-state index is 11.6. The van der Waals surface area contributed by atoms with Crippen LogP contribution in [-0.2, 0) is 4.79 Å². The standard InChI is InChI=1S/C25H30N6OS3/c1-16(2)28-25(33)30-19-6-4-18(5-7-19)24-27-15-23(34-24)21-9-8-20(29-17(3)32)14-22(21)35-31-12-10-26-11-13-31/h4-9,14-16,26H,10-13H2,1-3H3,(H,29,32)(H2,28,30,33). The lowest BCUT2D eigenvalue weighted by Crippen LogP contribution is -2.39. The topological polar surface area (TPSA) is 81.3 Å². The molecule has 2 aromatic carbocycles. The van der Waals surface area contributed by atoms with E-state index in [1.165, 1.54) is 6.92 Å². The summed E-state index contributed by atoms with van der Waals surface area (Å²) in [6.07, 6.45) is 1.93.